The molecule has 1 N–H and O–H groups in total. The lowest BCUT2D eigenvalue weighted by Gasteiger charge is -2.20. The lowest BCUT2D eigenvalue weighted by atomic mass is 9.98. The Hall–Kier alpha value is -1.29. The number of nitrogens with one attached hydrogen (secondary N) is 1. The molecule has 1 atom stereocenters. The van der Waals surface area contributed by atoms with Crippen LogP contribution in [-0.2, 0) is 6.42 Å². The normalized spacial score (nSPS) is 12.2. The van der Waals surface area contributed by atoms with Gasteiger partial charge in [0.05, 0.1) is 12.1 Å². The highest BCUT2D eigenvalue weighted by Gasteiger charge is 2.16. The largest absolute Gasteiger partial charge is 0.496 e. The first-order chi connectivity index (χ1) is 9.65. The summed E-state index contributed by atoms with van der Waals surface area (Å²) < 4.78 is 5.41. The maximum absolute atomic E-state index is 6.17. The number of rotatable bonds is 5. The van der Waals surface area contributed by atoms with E-state index in [9.17, 15) is 0 Å². The molecule has 0 aliphatic heterocycles. The number of likely N-dealkylation sites (N-methyl/N-ethyl adjacent to an activating group) is 1. The standard InChI is InChI=1S/C15H16Cl2N2O/c1-18-14(7-10-5-6-19-9-13(10)17)12-4-3-11(16)8-15(12)20-2/h3-6,8-9,14,18H,7H2,1-2H3. The average Bonchev–Trinajstić information content (AvgIpc) is 2.46. The SMILES string of the molecule is CNC(Cc1ccncc1Cl)c1ccc(Cl)cc1OC. The molecule has 1 unspecified atom stereocenters. The first-order valence-electron chi connectivity index (χ1n) is 6.24. The van der Waals surface area contributed by atoms with Crippen LogP contribution >= 0.6 is 23.2 Å². The van der Waals surface area contributed by atoms with Crippen molar-refractivity contribution in [2.45, 2.75) is 12.5 Å². The average molecular weight is 311 g/mol. The monoisotopic (exact) mass is 310 g/mol. The molecule has 2 aromatic rings. The molecule has 1 aromatic heterocycles. The summed E-state index contributed by atoms with van der Waals surface area (Å²) in [5.41, 5.74) is 2.09. The fourth-order valence-electron chi connectivity index (χ4n) is 2.13. The first-order valence-corrected chi connectivity index (χ1v) is 7.00. The predicted octanol–water partition coefficient (Wildman–Crippen LogP) is 3.90. The number of aromatic nitrogens is 1. The second kappa shape index (κ2) is 6.93. The van der Waals surface area contributed by atoms with Crippen LogP contribution < -0.4 is 10.1 Å². The summed E-state index contributed by atoms with van der Waals surface area (Å²) in [7, 11) is 3.55. The van der Waals surface area contributed by atoms with Gasteiger partial charge in [0, 0.05) is 29.0 Å². The summed E-state index contributed by atoms with van der Waals surface area (Å²) in [4.78, 5) is 4.00. The van der Waals surface area contributed by atoms with E-state index in [0.717, 1.165) is 23.3 Å². The number of benzene rings is 1. The highest BCUT2D eigenvalue weighted by molar-refractivity contribution is 6.31. The van der Waals surface area contributed by atoms with Gasteiger partial charge in [-0.05, 0) is 37.2 Å². The van der Waals surface area contributed by atoms with E-state index in [2.05, 4.69) is 10.3 Å². The molecule has 0 radical (unpaired) electrons. The Kier molecular flexibility index (Phi) is 5.24. The summed E-state index contributed by atoms with van der Waals surface area (Å²) in [5.74, 6) is 0.766. The molecule has 0 aliphatic rings. The van der Waals surface area contributed by atoms with Crippen LogP contribution in [-0.4, -0.2) is 19.1 Å². The van der Waals surface area contributed by atoms with E-state index in [1.165, 1.54) is 0 Å². The van der Waals surface area contributed by atoms with Crippen LogP contribution in [0.1, 0.15) is 17.2 Å². The molecule has 0 fully saturated rings. The number of hydrogen-bond acceptors (Lipinski definition) is 3. The maximum Gasteiger partial charge on any atom is 0.125 e. The zero-order valence-corrected chi connectivity index (χ0v) is 12.9. The molecule has 0 aliphatic carbocycles. The molecule has 0 saturated carbocycles. The van der Waals surface area contributed by atoms with Crippen molar-refractivity contribution in [3.8, 4) is 5.75 Å². The van der Waals surface area contributed by atoms with E-state index in [1.807, 2.05) is 31.3 Å². The van der Waals surface area contributed by atoms with Crippen LogP contribution in [0.5, 0.6) is 5.75 Å². The summed E-state index contributed by atoms with van der Waals surface area (Å²) in [6.45, 7) is 0. The Morgan fingerprint density at radius 3 is 2.75 bits per heavy atom. The topological polar surface area (TPSA) is 34.2 Å². The fraction of sp³-hybridized carbons (Fsp3) is 0.267. The van der Waals surface area contributed by atoms with Gasteiger partial charge in [0.2, 0.25) is 0 Å². The van der Waals surface area contributed by atoms with Gasteiger partial charge in [-0.25, -0.2) is 0 Å². The predicted molar refractivity (Wildman–Crippen MR) is 82.8 cm³/mol. The van der Waals surface area contributed by atoms with Gasteiger partial charge < -0.3 is 10.1 Å². The van der Waals surface area contributed by atoms with Crippen molar-refractivity contribution in [3.63, 3.8) is 0 Å². The van der Waals surface area contributed by atoms with Crippen molar-refractivity contribution < 1.29 is 4.74 Å². The smallest absolute Gasteiger partial charge is 0.125 e. The van der Waals surface area contributed by atoms with E-state index in [0.29, 0.717) is 10.0 Å². The van der Waals surface area contributed by atoms with Gasteiger partial charge in [-0.3, -0.25) is 4.98 Å². The van der Waals surface area contributed by atoms with Gasteiger partial charge in [0.1, 0.15) is 5.75 Å². The van der Waals surface area contributed by atoms with Gasteiger partial charge >= 0.3 is 0 Å². The quantitative estimate of drug-likeness (QED) is 0.909. The van der Waals surface area contributed by atoms with Crippen molar-refractivity contribution in [2.24, 2.45) is 0 Å². The fourth-order valence-corrected chi connectivity index (χ4v) is 2.49. The lowest BCUT2D eigenvalue weighted by molar-refractivity contribution is 0.401. The second-order valence-electron chi connectivity index (χ2n) is 4.40. The van der Waals surface area contributed by atoms with Crippen molar-refractivity contribution in [3.05, 3.63) is 57.8 Å². The number of halogens is 2. The summed E-state index contributed by atoms with van der Waals surface area (Å²) in [6, 6.07) is 7.65. The molecule has 20 heavy (non-hydrogen) atoms. The van der Waals surface area contributed by atoms with Crippen LogP contribution in [0.15, 0.2) is 36.7 Å². The summed E-state index contributed by atoms with van der Waals surface area (Å²) >= 11 is 12.2. The molecular weight excluding hydrogens is 295 g/mol. The Labute approximate surface area is 128 Å². The number of ether oxygens (including phenoxy) is 1. The van der Waals surface area contributed by atoms with Crippen molar-refractivity contribution in [2.75, 3.05) is 14.2 Å². The van der Waals surface area contributed by atoms with E-state index < -0.39 is 0 Å². The minimum absolute atomic E-state index is 0.0853. The molecule has 0 bridgehead atoms. The zero-order valence-electron chi connectivity index (χ0n) is 11.4. The second-order valence-corrected chi connectivity index (χ2v) is 5.24. The highest BCUT2D eigenvalue weighted by atomic mass is 35.5. The molecule has 106 valence electrons. The molecule has 1 aromatic carbocycles. The minimum atomic E-state index is 0.0853. The molecule has 0 spiro atoms. The minimum Gasteiger partial charge on any atom is -0.496 e. The highest BCUT2D eigenvalue weighted by Crippen LogP contribution is 2.31. The Morgan fingerprint density at radius 2 is 2.10 bits per heavy atom. The number of methoxy groups -OCH3 is 1. The van der Waals surface area contributed by atoms with Crippen LogP contribution in [0, 0.1) is 0 Å². The molecule has 0 amide bonds. The van der Waals surface area contributed by atoms with E-state index in [-0.39, 0.29) is 6.04 Å². The van der Waals surface area contributed by atoms with E-state index in [1.54, 1.807) is 19.5 Å². The van der Waals surface area contributed by atoms with Crippen molar-refractivity contribution in [1.82, 2.24) is 10.3 Å². The number of pyridine rings is 1. The molecule has 3 nitrogen and oxygen atoms in total. The lowest BCUT2D eigenvalue weighted by Crippen LogP contribution is -2.19. The molecule has 2 rings (SSSR count). The molecular formula is C15H16Cl2N2O. The van der Waals surface area contributed by atoms with Crippen molar-refractivity contribution >= 4 is 23.2 Å². The summed E-state index contributed by atoms with van der Waals surface area (Å²) in [5, 5.41) is 4.61. The third-order valence-corrected chi connectivity index (χ3v) is 3.78. The van der Waals surface area contributed by atoms with Gasteiger partial charge in [-0.15, -0.1) is 0 Å². The van der Waals surface area contributed by atoms with Crippen molar-refractivity contribution in [1.29, 1.82) is 0 Å². The zero-order chi connectivity index (χ0) is 14.5. The summed E-state index contributed by atoms with van der Waals surface area (Å²) in [6.07, 6.45) is 4.14. The Bertz CT molecular complexity index is 590. The van der Waals surface area contributed by atoms with Crippen LogP contribution in [0.25, 0.3) is 0 Å². The van der Waals surface area contributed by atoms with Gasteiger partial charge in [-0.1, -0.05) is 29.3 Å². The molecule has 5 heteroatoms. The number of nitrogens with zero attached hydrogens (tertiary/aromatic N) is 1. The van der Waals surface area contributed by atoms with Crippen LogP contribution in [0.2, 0.25) is 10.0 Å². The maximum atomic E-state index is 6.17. The Balaban J connectivity index is 2.31. The van der Waals surface area contributed by atoms with Gasteiger partial charge in [0.15, 0.2) is 0 Å². The van der Waals surface area contributed by atoms with E-state index in [4.69, 9.17) is 27.9 Å². The van der Waals surface area contributed by atoms with Gasteiger partial charge in [0.25, 0.3) is 0 Å². The molecule has 1 heterocycles. The van der Waals surface area contributed by atoms with E-state index >= 15 is 0 Å². The molecule has 0 saturated heterocycles. The number of hydrogen-bond donors (Lipinski definition) is 1. The van der Waals surface area contributed by atoms with Crippen LogP contribution in [0.4, 0.5) is 0 Å². The Morgan fingerprint density at radius 1 is 1.30 bits per heavy atom. The van der Waals surface area contributed by atoms with Gasteiger partial charge in [-0.2, -0.15) is 0 Å². The third-order valence-electron chi connectivity index (χ3n) is 3.20. The third kappa shape index (κ3) is 3.42. The first kappa shape index (κ1) is 15.1. The van der Waals surface area contributed by atoms with Crippen LogP contribution in [0.3, 0.4) is 0 Å².